The summed E-state index contributed by atoms with van der Waals surface area (Å²) in [5, 5.41) is 5.58. The monoisotopic (exact) mass is 452 g/mol. The third kappa shape index (κ3) is 4.15. The van der Waals surface area contributed by atoms with Crippen LogP contribution in [0.1, 0.15) is 5.69 Å². The van der Waals surface area contributed by atoms with E-state index in [1.165, 1.54) is 0 Å². The molecule has 0 unspecified atom stereocenters. The van der Waals surface area contributed by atoms with Gasteiger partial charge in [0.05, 0.1) is 12.6 Å². The van der Waals surface area contributed by atoms with Crippen molar-refractivity contribution in [3.8, 4) is 33.9 Å². The van der Waals surface area contributed by atoms with Crippen molar-refractivity contribution in [2.75, 3.05) is 7.11 Å². The molecule has 3 aromatic heterocycles. The molecule has 5 rings (SSSR count). The number of ether oxygens (including phenoxy) is 2. The summed E-state index contributed by atoms with van der Waals surface area (Å²) in [6, 6.07) is 21.1. The number of pyridine rings is 2. The molecule has 0 radical (unpaired) electrons. The molecule has 7 heteroatoms. The lowest BCUT2D eigenvalue weighted by molar-refractivity contribution is 0.300. The van der Waals surface area contributed by atoms with Crippen LogP contribution in [0.2, 0.25) is 0 Å². The quantitative estimate of drug-likeness (QED) is 0.377. The van der Waals surface area contributed by atoms with E-state index in [4.69, 9.17) is 14.5 Å². The maximum Gasteiger partial charge on any atom is 0.250 e. The average Bonchev–Trinajstić information content (AvgIpc) is 3.24. The van der Waals surface area contributed by atoms with Gasteiger partial charge in [-0.2, -0.15) is 5.10 Å². The molecule has 0 N–H and O–H groups in total. The molecule has 5 aromatic rings. The molecule has 0 spiro atoms. The van der Waals surface area contributed by atoms with E-state index in [9.17, 15) is 4.79 Å². The maximum absolute atomic E-state index is 11.7. The van der Waals surface area contributed by atoms with Crippen molar-refractivity contribution < 1.29 is 9.47 Å². The third-order valence-corrected chi connectivity index (χ3v) is 5.71. The van der Waals surface area contributed by atoms with Gasteiger partial charge in [-0.15, -0.1) is 0 Å². The van der Waals surface area contributed by atoms with Gasteiger partial charge in [-0.3, -0.25) is 9.48 Å². The van der Waals surface area contributed by atoms with Crippen LogP contribution in [-0.4, -0.2) is 26.4 Å². The minimum Gasteiger partial charge on any atom is -0.494 e. The van der Waals surface area contributed by atoms with Crippen molar-refractivity contribution >= 4 is 10.9 Å². The fraction of sp³-hybridized carbons (Fsp3) is 0.148. The normalized spacial score (nSPS) is 11.0. The Morgan fingerprint density at radius 3 is 2.44 bits per heavy atom. The van der Waals surface area contributed by atoms with Gasteiger partial charge in [0.2, 0.25) is 5.56 Å². The van der Waals surface area contributed by atoms with Crippen LogP contribution >= 0.6 is 0 Å². The summed E-state index contributed by atoms with van der Waals surface area (Å²) in [7, 11) is 5.26. The summed E-state index contributed by atoms with van der Waals surface area (Å²) in [6.07, 6.45) is 3.74. The number of rotatable bonds is 6. The first-order chi connectivity index (χ1) is 16.5. The van der Waals surface area contributed by atoms with E-state index >= 15 is 0 Å². The summed E-state index contributed by atoms with van der Waals surface area (Å²) >= 11 is 0. The van der Waals surface area contributed by atoms with E-state index in [1.54, 1.807) is 29.5 Å². The number of aryl methyl sites for hydroxylation is 2. The molecule has 2 aromatic carbocycles. The molecule has 0 fully saturated rings. The van der Waals surface area contributed by atoms with Crippen LogP contribution in [0.15, 0.2) is 83.9 Å². The van der Waals surface area contributed by atoms with E-state index < -0.39 is 0 Å². The average molecular weight is 453 g/mol. The van der Waals surface area contributed by atoms with Gasteiger partial charge in [0.25, 0.3) is 0 Å². The van der Waals surface area contributed by atoms with Crippen molar-refractivity contribution in [2.24, 2.45) is 14.1 Å². The van der Waals surface area contributed by atoms with Crippen LogP contribution in [0.3, 0.4) is 0 Å². The number of aromatic nitrogens is 4. The van der Waals surface area contributed by atoms with Crippen LogP contribution in [-0.2, 0) is 20.7 Å². The van der Waals surface area contributed by atoms with Crippen molar-refractivity contribution in [2.45, 2.75) is 6.61 Å². The van der Waals surface area contributed by atoms with E-state index in [1.807, 2.05) is 80.1 Å². The number of methoxy groups -OCH3 is 1. The first-order valence-corrected chi connectivity index (χ1v) is 10.9. The standard InChI is InChI=1S/C27H24N4O3/c1-30-15-20(10-13-26(30)32)22-16-31(2)29-24(22)17-34-21-11-8-18(9-12-21)27-25(33-3)14-19-6-4-5-7-23(19)28-27/h4-16H,17H2,1-3H3. The van der Waals surface area contributed by atoms with Crippen molar-refractivity contribution in [3.05, 3.63) is 95.2 Å². The van der Waals surface area contributed by atoms with Crippen LogP contribution in [0.4, 0.5) is 0 Å². The Kier molecular flexibility index (Phi) is 5.59. The minimum atomic E-state index is -0.0527. The Balaban J connectivity index is 1.38. The third-order valence-electron chi connectivity index (χ3n) is 5.71. The molecule has 34 heavy (non-hydrogen) atoms. The van der Waals surface area contributed by atoms with Crippen LogP contribution in [0.25, 0.3) is 33.3 Å². The molecule has 0 atom stereocenters. The summed E-state index contributed by atoms with van der Waals surface area (Å²) < 4.78 is 14.9. The fourth-order valence-electron chi connectivity index (χ4n) is 3.96. The van der Waals surface area contributed by atoms with Crippen molar-refractivity contribution in [1.29, 1.82) is 0 Å². The molecular formula is C27H24N4O3. The van der Waals surface area contributed by atoms with Crippen molar-refractivity contribution in [3.63, 3.8) is 0 Å². The van der Waals surface area contributed by atoms with E-state index in [0.29, 0.717) is 6.61 Å². The fourth-order valence-corrected chi connectivity index (χ4v) is 3.96. The molecular weight excluding hydrogens is 428 g/mol. The van der Waals surface area contributed by atoms with Gasteiger partial charge in [0.1, 0.15) is 29.5 Å². The summed E-state index contributed by atoms with van der Waals surface area (Å²) in [5.74, 6) is 1.45. The molecule has 0 saturated carbocycles. The summed E-state index contributed by atoms with van der Waals surface area (Å²) in [6.45, 7) is 0.301. The molecule has 0 bridgehead atoms. The Hall–Kier alpha value is -4.39. The summed E-state index contributed by atoms with van der Waals surface area (Å²) in [4.78, 5) is 16.5. The zero-order valence-corrected chi connectivity index (χ0v) is 19.2. The Labute approximate surface area is 196 Å². The number of hydrogen-bond acceptors (Lipinski definition) is 5. The highest BCUT2D eigenvalue weighted by Gasteiger charge is 2.13. The molecule has 0 aliphatic rings. The highest BCUT2D eigenvalue weighted by atomic mass is 16.5. The number of benzene rings is 2. The zero-order chi connectivity index (χ0) is 23.7. The number of fused-ring (bicyclic) bond motifs is 1. The maximum atomic E-state index is 11.7. The second kappa shape index (κ2) is 8.86. The predicted octanol–water partition coefficient (Wildman–Crippen LogP) is 4.59. The van der Waals surface area contributed by atoms with Gasteiger partial charge in [-0.25, -0.2) is 4.98 Å². The van der Waals surface area contributed by atoms with Gasteiger partial charge < -0.3 is 14.0 Å². The SMILES string of the molecule is COc1cc2ccccc2nc1-c1ccc(OCc2nn(C)cc2-c2ccc(=O)n(C)c2)cc1. The van der Waals surface area contributed by atoms with Gasteiger partial charge in [-0.1, -0.05) is 18.2 Å². The van der Waals surface area contributed by atoms with E-state index in [-0.39, 0.29) is 5.56 Å². The second-order valence-corrected chi connectivity index (χ2v) is 8.08. The molecule has 0 amide bonds. The highest BCUT2D eigenvalue weighted by Crippen LogP contribution is 2.32. The Bertz CT molecular complexity index is 1530. The molecule has 170 valence electrons. The number of hydrogen-bond donors (Lipinski definition) is 0. The van der Waals surface area contributed by atoms with Gasteiger partial charge >= 0.3 is 0 Å². The lowest BCUT2D eigenvalue weighted by atomic mass is 10.1. The van der Waals surface area contributed by atoms with E-state index in [0.717, 1.165) is 50.5 Å². The van der Waals surface area contributed by atoms with Crippen LogP contribution in [0, 0.1) is 0 Å². The minimum absolute atomic E-state index is 0.0527. The van der Waals surface area contributed by atoms with Gasteiger partial charge in [0, 0.05) is 54.6 Å². The first kappa shape index (κ1) is 21.5. The predicted molar refractivity (Wildman–Crippen MR) is 132 cm³/mol. The first-order valence-electron chi connectivity index (χ1n) is 10.9. The van der Waals surface area contributed by atoms with E-state index in [2.05, 4.69) is 5.10 Å². The second-order valence-electron chi connectivity index (χ2n) is 8.08. The molecule has 3 heterocycles. The zero-order valence-electron chi connectivity index (χ0n) is 19.2. The van der Waals surface area contributed by atoms with Crippen molar-refractivity contribution in [1.82, 2.24) is 19.3 Å². The number of para-hydroxylation sites is 1. The largest absolute Gasteiger partial charge is 0.494 e. The van der Waals surface area contributed by atoms with Crippen LogP contribution in [0.5, 0.6) is 11.5 Å². The molecule has 7 nitrogen and oxygen atoms in total. The Morgan fingerprint density at radius 1 is 0.912 bits per heavy atom. The van der Waals surface area contributed by atoms with Gasteiger partial charge in [-0.05, 0) is 42.5 Å². The lowest BCUT2D eigenvalue weighted by Crippen LogP contribution is -2.14. The lowest BCUT2D eigenvalue weighted by Gasteiger charge is -2.11. The summed E-state index contributed by atoms with van der Waals surface area (Å²) in [5.41, 5.74) is 5.23. The topological polar surface area (TPSA) is 71.2 Å². The number of nitrogens with zero attached hydrogens (tertiary/aromatic N) is 4. The molecule has 0 aliphatic heterocycles. The van der Waals surface area contributed by atoms with Gasteiger partial charge in [0.15, 0.2) is 0 Å². The van der Waals surface area contributed by atoms with Crippen LogP contribution < -0.4 is 15.0 Å². The molecule has 0 aliphatic carbocycles. The smallest absolute Gasteiger partial charge is 0.250 e. The molecule has 0 saturated heterocycles. The Morgan fingerprint density at radius 2 is 1.68 bits per heavy atom. The highest BCUT2D eigenvalue weighted by molar-refractivity contribution is 5.85.